The summed E-state index contributed by atoms with van der Waals surface area (Å²) in [6, 6.07) is 3.44. The highest BCUT2D eigenvalue weighted by Gasteiger charge is 2.24. The van der Waals surface area contributed by atoms with Gasteiger partial charge in [-0.1, -0.05) is 0 Å². The van der Waals surface area contributed by atoms with Crippen LogP contribution in [0.15, 0.2) is 12.1 Å². The molecule has 2 N–H and O–H groups in total. The van der Waals surface area contributed by atoms with Gasteiger partial charge in [-0.05, 0) is 19.3 Å². The van der Waals surface area contributed by atoms with E-state index < -0.39 is 0 Å². The summed E-state index contributed by atoms with van der Waals surface area (Å²) in [4.78, 5) is 1.97. The fourth-order valence-corrected chi connectivity index (χ4v) is 1.98. The number of benzene rings is 1. The lowest BCUT2D eigenvalue weighted by molar-refractivity contribution is 0.394. The number of anilines is 2. The molecule has 0 amide bonds. The molecule has 1 aromatic carbocycles. The van der Waals surface area contributed by atoms with E-state index in [1.54, 1.807) is 6.07 Å². The molecule has 0 heterocycles. The lowest BCUT2D eigenvalue weighted by Crippen LogP contribution is -2.37. The number of ether oxygens (including phenoxy) is 1. The van der Waals surface area contributed by atoms with Gasteiger partial charge in [0.2, 0.25) is 0 Å². The first kappa shape index (κ1) is 11.0. The zero-order valence-corrected chi connectivity index (χ0v) is 9.66. The van der Waals surface area contributed by atoms with Crippen LogP contribution in [0.3, 0.4) is 0 Å². The average Bonchev–Trinajstić information content (AvgIpc) is 2.15. The summed E-state index contributed by atoms with van der Waals surface area (Å²) in [6.07, 6.45) is 3.48. The van der Waals surface area contributed by atoms with Crippen molar-refractivity contribution in [3.8, 4) is 5.75 Å². The molecule has 4 heteroatoms. The monoisotopic (exact) mass is 224 g/mol. The van der Waals surface area contributed by atoms with Crippen LogP contribution in [0.4, 0.5) is 15.8 Å². The Kier molecular flexibility index (Phi) is 2.90. The van der Waals surface area contributed by atoms with Gasteiger partial charge in [0.15, 0.2) is 0 Å². The number of hydrogen-bond donors (Lipinski definition) is 1. The summed E-state index contributed by atoms with van der Waals surface area (Å²) in [6.45, 7) is 0. The van der Waals surface area contributed by atoms with Crippen molar-refractivity contribution in [3.05, 3.63) is 17.9 Å². The third-order valence-corrected chi connectivity index (χ3v) is 3.30. The topological polar surface area (TPSA) is 38.5 Å². The van der Waals surface area contributed by atoms with Crippen LogP contribution in [-0.2, 0) is 0 Å². The van der Waals surface area contributed by atoms with E-state index in [1.165, 1.54) is 19.6 Å². The quantitative estimate of drug-likeness (QED) is 0.801. The molecule has 1 saturated carbocycles. The van der Waals surface area contributed by atoms with Crippen LogP contribution in [0.5, 0.6) is 5.75 Å². The van der Waals surface area contributed by atoms with Crippen LogP contribution >= 0.6 is 0 Å². The molecule has 2 rings (SSSR count). The molecule has 0 unspecified atom stereocenters. The Morgan fingerprint density at radius 3 is 2.62 bits per heavy atom. The number of hydrogen-bond acceptors (Lipinski definition) is 3. The number of nitrogen functional groups attached to an aromatic ring is 1. The Morgan fingerprint density at radius 2 is 2.12 bits per heavy atom. The molecule has 88 valence electrons. The van der Waals surface area contributed by atoms with E-state index in [2.05, 4.69) is 0 Å². The van der Waals surface area contributed by atoms with Crippen LogP contribution in [0.1, 0.15) is 19.3 Å². The first-order valence-corrected chi connectivity index (χ1v) is 5.49. The first-order chi connectivity index (χ1) is 7.63. The summed E-state index contributed by atoms with van der Waals surface area (Å²) in [5.41, 5.74) is 6.54. The van der Waals surface area contributed by atoms with Gasteiger partial charge in [0, 0.05) is 25.2 Å². The number of methoxy groups -OCH3 is 1. The van der Waals surface area contributed by atoms with Crippen molar-refractivity contribution in [2.45, 2.75) is 25.3 Å². The normalized spacial score (nSPS) is 15.7. The van der Waals surface area contributed by atoms with Crippen LogP contribution < -0.4 is 15.4 Å². The molecule has 1 aromatic rings. The third-order valence-electron chi connectivity index (χ3n) is 3.30. The zero-order chi connectivity index (χ0) is 11.7. The Labute approximate surface area is 95.0 Å². The van der Waals surface area contributed by atoms with Crippen molar-refractivity contribution in [2.75, 3.05) is 24.8 Å². The fourth-order valence-electron chi connectivity index (χ4n) is 1.98. The minimum Gasteiger partial charge on any atom is -0.495 e. The van der Waals surface area contributed by atoms with Gasteiger partial charge in [-0.15, -0.1) is 0 Å². The minimum absolute atomic E-state index is 0.285. The van der Waals surface area contributed by atoms with Gasteiger partial charge in [-0.3, -0.25) is 0 Å². The molecule has 0 bridgehead atoms. The first-order valence-electron chi connectivity index (χ1n) is 5.49. The van der Waals surface area contributed by atoms with Gasteiger partial charge >= 0.3 is 0 Å². The van der Waals surface area contributed by atoms with Gasteiger partial charge in [-0.25, -0.2) is 4.39 Å². The Hall–Kier alpha value is -1.45. The van der Waals surface area contributed by atoms with Crippen molar-refractivity contribution in [2.24, 2.45) is 0 Å². The summed E-state index contributed by atoms with van der Waals surface area (Å²) < 4.78 is 18.9. The molecule has 0 spiro atoms. The predicted molar refractivity (Wildman–Crippen MR) is 63.4 cm³/mol. The lowest BCUT2D eigenvalue weighted by Gasteiger charge is -2.36. The predicted octanol–water partition coefficient (Wildman–Crippen LogP) is 2.41. The van der Waals surface area contributed by atoms with E-state index >= 15 is 0 Å². The van der Waals surface area contributed by atoms with E-state index in [-0.39, 0.29) is 5.82 Å². The Morgan fingerprint density at radius 1 is 1.44 bits per heavy atom. The maximum atomic E-state index is 13.8. The number of nitrogens with zero attached hydrogens (tertiary/aromatic N) is 1. The highest BCUT2D eigenvalue weighted by atomic mass is 19.1. The fraction of sp³-hybridized carbons (Fsp3) is 0.500. The molecule has 1 aliphatic carbocycles. The Balaban J connectivity index is 2.31. The standard InChI is InChI=1S/C12H17FN2O/c1-15(8-4-3-5-8)11-7-12(16-2)10(14)6-9(11)13/h6-8H,3-5,14H2,1-2H3. The number of halogens is 1. The van der Waals surface area contributed by atoms with Crippen molar-refractivity contribution in [3.63, 3.8) is 0 Å². The molecule has 1 aliphatic rings. The lowest BCUT2D eigenvalue weighted by atomic mass is 9.91. The molecule has 1 fully saturated rings. The molecule has 0 atom stereocenters. The second-order valence-corrected chi connectivity index (χ2v) is 4.24. The van der Waals surface area contributed by atoms with Gasteiger partial charge in [0.1, 0.15) is 11.6 Å². The number of nitrogens with two attached hydrogens (primary N) is 1. The average molecular weight is 224 g/mol. The van der Waals surface area contributed by atoms with E-state index in [9.17, 15) is 4.39 Å². The molecule has 3 nitrogen and oxygen atoms in total. The molecule has 0 saturated heterocycles. The summed E-state index contributed by atoms with van der Waals surface area (Å²) in [5, 5.41) is 0. The van der Waals surface area contributed by atoms with Crippen molar-refractivity contribution >= 4 is 11.4 Å². The minimum atomic E-state index is -0.285. The summed E-state index contributed by atoms with van der Waals surface area (Å²) >= 11 is 0. The third kappa shape index (κ3) is 1.79. The van der Waals surface area contributed by atoms with Crippen LogP contribution in [0, 0.1) is 5.82 Å². The van der Waals surface area contributed by atoms with Crippen molar-refractivity contribution in [1.29, 1.82) is 0 Å². The molecule has 0 radical (unpaired) electrons. The highest BCUT2D eigenvalue weighted by Crippen LogP contribution is 2.34. The van der Waals surface area contributed by atoms with Crippen LogP contribution in [0.2, 0.25) is 0 Å². The largest absolute Gasteiger partial charge is 0.495 e. The maximum Gasteiger partial charge on any atom is 0.148 e. The second kappa shape index (κ2) is 4.20. The SMILES string of the molecule is COc1cc(N(C)C2CCC2)c(F)cc1N. The van der Waals surface area contributed by atoms with E-state index in [0.29, 0.717) is 23.2 Å². The molecule has 16 heavy (non-hydrogen) atoms. The van der Waals surface area contributed by atoms with Gasteiger partial charge in [-0.2, -0.15) is 0 Å². The van der Waals surface area contributed by atoms with E-state index in [0.717, 1.165) is 12.8 Å². The van der Waals surface area contributed by atoms with Crippen LogP contribution in [-0.4, -0.2) is 20.2 Å². The van der Waals surface area contributed by atoms with E-state index in [1.807, 2.05) is 11.9 Å². The summed E-state index contributed by atoms with van der Waals surface area (Å²) in [5.74, 6) is 0.246. The van der Waals surface area contributed by atoms with Crippen LogP contribution in [0.25, 0.3) is 0 Å². The van der Waals surface area contributed by atoms with Crippen molar-refractivity contribution in [1.82, 2.24) is 0 Å². The Bertz CT molecular complexity index is 391. The smallest absolute Gasteiger partial charge is 0.148 e. The molecule has 0 aliphatic heterocycles. The van der Waals surface area contributed by atoms with Gasteiger partial charge < -0.3 is 15.4 Å². The second-order valence-electron chi connectivity index (χ2n) is 4.24. The zero-order valence-electron chi connectivity index (χ0n) is 9.66. The van der Waals surface area contributed by atoms with Crippen molar-refractivity contribution < 1.29 is 9.13 Å². The molecule has 0 aromatic heterocycles. The van der Waals surface area contributed by atoms with E-state index in [4.69, 9.17) is 10.5 Å². The number of rotatable bonds is 3. The summed E-state index contributed by atoms with van der Waals surface area (Å²) in [7, 11) is 3.45. The van der Waals surface area contributed by atoms with Gasteiger partial charge in [0.25, 0.3) is 0 Å². The molecular weight excluding hydrogens is 207 g/mol. The highest BCUT2D eigenvalue weighted by molar-refractivity contribution is 5.63. The maximum absolute atomic E-state index is 13.8. The molecular formula is C12H17FN2O. The van der Waals surface area contributed by atoms with Gasteiger partial charge in [0.05, 0.1) is 18.5 Å².